The first-order chi connectivity index (χ1) is 8.88. The van der Waals surface area contributed by atoms with Gasteiger partial charge in [-0.3, -0.25) is 0 Å². The van der Waals surface area contributed by atoms with E-state index in [2.05, 4.69) is 10.1 Å². The van der Waals surface area contributed by atoms with Gasteiger partial charge in [-0.25, -0.2) is 8.42 Å². The predicted molar refractivity (Wildman–Crippen MR) is 67.2 cm³/mol. The highest BCUT2D eigenvalue weighted by atomic mass is 32.2. The van der Waals surface area contributed by atoms with Crippen LogP contribution in [0.1, 0.15) is 31.3 Å². The van der Waals surface area contributed by atoms with Crippen molar-refractivity contribution in [2.75, 3.05) is 0 Å². The number of hydrogen-bond acceptors (Lipinski definition) is 6. The minimum absolute atomic E-state index is 0.169. The summed E-state index contributed by atoms with van der Waals surface area (Å²) in [6.07, 6.45) is 1.99. The molecule has 0 unspecified atom stereocenters. The van der Waals surface area contributed by atoms with Gasteiger partial charge in [0.15, 0.2) is 15.7 Å². The third-order valence-corrected chi connectivity index (χ3v) is 4.29. The van der Waals surface area contributed by atoms with Crippen molar-refractivity contribution in [3.05, 3.63) is 29.8 Å². The lowest BCUT2D eigenvalue weighted by atomic mass is 10.1. The molecule has 0 atom stereocenters. The largest absolute Gasteiger partial charge is 0.468 e. The highest BCUT2D eigenvalue weighted by molar-refractivity contribution is 7.90. The molecule has 0 fully saturated rings. The highest BCUT2D eigenvalue weighted by Crippen LogP contribution is 2.20. The van der Waals surface area contributed by atoms with E-state index in [1.807, 2.05) is 13.8 Å². The van der Waals surface area contributed by atoms with Crippen molar-refractivity contribution in [1.82, 2.24) is 10.1 Å². The molecule has 0 amide bonds. The summed E-state index contributed by atoms with van der Waals surface area (Å²) < 4.78 is 34.3. The van der Waals surface area contributed by atoms with Crippen molar-refractivity contribution in [2.24, 2.45) is 5.92 Å². The van der Waals surface area contributed by atoms with Crippen molar-refractivity contribution in [1.29, 1.82) is 0 Å². The number of aromatic nitrogens is 2. The Balaban J connectivity index is 2.17. The van der Waals surface area contributed by atoms with Crippen molar-refractivity contribution in [3.63, 3.8) is 0 Å². The third-order valence-electron chi connectivity index (χ3n) is 2.56. The Morgan fingerprint density at radius 2 is 2.11 bits per heavy atom. The van der Waals surface area contributed by atoms with Crippen molar-refractivity contribution in [2.45, 2.75) is 37.8 Å². The third kappa shape index (κ3) is 3.23. The molecule has 19 heavy (non-hydrogen) atoms. The van der Waals surface area contributed by atoms with E-state index in [4.69, 9.17) is 8.94 Å². The number of furan rings is 1. The Hall–Kier alpha value is -1.63. The van der Waals surface area contributed by atoms with Gasteiger partial charge in [0.05, 0.1) is 6.26 Å². The lowest BCUT2D eigenvalue weighted by Gasteiger charge is -1.98. The average molecular weight is 284 g/mol. The molecular formula is C12H16N2O4S. The first kappa shape index (κ1) is 13.8. The summed E-state index contributed by atoms with van der Waals surface area (Å²) in [7, 11) is -3.49. The minimum Gasteiger partial charge on any atom is -0.468 e. The van der Waals surface area contributed by atoms with Gasteiger partial charge in [-0.05, 0) is 18.9 Å². The molecule has 2 heterocycles. The van der Waals surface area contributed by atoms with E-state index in [0.29, 0.717) is 24.0 Å². The van der Waals surface area contributed by atoms with Gasteiger partial charge in [0.2, 0.25) is 5.89 Å². The van der Waals surface area contributed by atoms with Gasteiger partial charge in [0.1, 0.15) is 16.4 Å². The summed E-state index contributed by atoms with van der Waals surface area (Å²) in [6, 6.07) is 1.43. The molecule has 2 aromatic rings. The topological polar surface area (TPSA) is 86.2 Å². The van der Waals surface area contributed by atoms with Crippen LogP contribution in [0.3, 0.4) is 0 Å². The quantitative estimate of drug-likeness (QED) is 0.836. The van der Waals surface area contributed by atoms with E-state index >= 15 is 0 Å². The fourth-order valence-corrected chi connectivity index (χ4v) is 3.09. The minimum atomic E-state index is -3.49. The van der Waals surface area contributed by atoms with Gasteiger partial charge in [-0.15, -0.1) is 0 Å². The van der Waals surface area contributed by atoms with Crippen molar-refractivity contribution in [3.8, 4) is 0 Å². The second-order valence-corrected chi connectivity index (χ2v) is 6.76. The molecule has 0 spiro atoms. The summed E-state index contributed by atoms with van der Waals surface area (Å²) >= 11 is 0. The number of nitrogens with zero attached hydrogens (tertiary/aromatic N) is 2. The van der Waals surface area contributed by atoms with Crippen LogP contribution >= 0.6 is 0 Å². The molecule has 2 rings (SSSR count). The molecule has 104 valence electrons. The maximum atomic E-state index is 12.1. The van der Waals surface area contributed by atoms with Gasteiger partial charge in [-0.1, -0.05) is 19.0 Å². The van der Waals surface area contributed by atoms with Crippen LogP contribution in [0.5, 0.6) is 0 Å². The zero-order valence-electron chi connectivity index (χ0n) is 11.1. The van der Waals surface area contributed by atoms with Crippen LogP contribution in [0, 0.1) is 12.8 Å². The van der Waals surface area contributed by atoms with Crippen LogP contribution in [-0.4, -0.2) is 18.6 Å². The van der Waals surface area contributed by atoms with Gasteiger partial charge in [-0.2, -0.15) is 4.98 Å². The second kappa shape index (κ2) is 5.16. The molecule has 0 bridgehead atoms. The predicted octanol–water partition coefficient (Wildman–Crippen LogP) is 2.14. The Bertz CT molecular complexity index is 655. The fraction of sp³-hybridized carbons (Fsp3) is 0.500. The molecule has 0 aliphatic rings. The first-order valence-corrected chi connectivity index (χ1v) is 7.62. The fourth-order valence-electron chi connectivity index (χ4n) is 1.72. The monoisotopic (exact) mass is 284 g/mol. The summed E-state index contributed by atoms with van der Waals surface area (Å²) in [6.45, 7) is 5.65. The van der Waals surface area contributed by atoms with E-state index < -0.39 is 9.84 Å². The smallest absolute Gasteiger partial charge is 0.226 e. The lowest BCUT2D eigenvalue weighted by Crippen LogP contribution is -2.06. The van der Waals surface area contributed by atoms with Crippen molar-refractivity contribution < 1.29 is 17.4 Å². The highest BCUT2D eigenvalue weighted by Gasteiger charge is 2.23. The number of sulfone groups is 1. The Morgan fingerprint density at radius 3 is 2.68 bits per heavy atom. The SMILES string of the molecule is Cc1occc1S(=O)(=O)Cc1noc(CC(C)C)n1. The van der Waals surface area contributed by atoms with E-state index in [0.717, 1.165) is 0 Å². The van der Waals surface area contributed by atoms with Crippen LogP contribution in [0.2, 0.25) is 0 Å². The molecule has 0 aromatic carbocycles. The average Bonchev–Trinajstić information content (AvgIpc) is 2.86. The first-order valence-electron chi connectivity index (χ1n) is 5.97. The lowest BCUT2D eigenvalue weighted by molar-refractivity contribution is 0.359. The van der Waals surface area contributed by atoms with Gasteiger partial charge >= 0.3 is 0 Å². The van der Waals surface area contributed by atoms with E-state index in [9.17, 15) is 8.42 Å². The maximum Gasteiger partial charge on any atom is 0.226 e. The number of hydrogen-bond donors (Lipinski definition) is 0. The van der Waals surface area contributed by atoms with Crippen molar-refractivity contribution >= 4 is 9.84 Å². The van der Waals surface area contributed by atoms with Crippen LogP contribution < -0.4 is 0 Å². The zero-order chi connectivity index (χ0) is 14.0. The molecule has 0 N–H and O–H groups in total. The number of rotatable bonds is 5. The summed E-state index contributed by atoms with van der Waals surface area (Å²) in [5, 5.41) is 3.70. The second-order valence-electron chi connectivity index (χ2n) is 4.80. The molecule has 0 saturated heterocycles. The molecule has 7 heteroatoms. The van der Waals surface area contributed by atoms with Crippen LogP contribution in [0.4, 0.5) is 0 Å². The van der Waals surface area contributed by atoms with Gasteiger partial charge in [0, 0.05) is 6.42 Å². The Labute approximate surface area is 111 Å². The van der Waals surface area contributed by atoms with Gasteiger partial charge in [0.25, 0.3) is 0 Å². The van der Waals surface area contributed by atoms with Crippen LogP contribution in [-0.2, 0) is 22.0 Å². The Morgan fingerprint density at radius 1 is 1.37 bits per heavy atom. The molecule has 0 aliphatic heterocycles. The van der Waals surface area contributed by atoms with Crippen LogP contribution in [0.25, 0.3) is 0 Å². The van der Waals surface area contributed by atoms with Gasteiger partial charge < -0.3 is 8.94 Å². The summed E-state index contributed by atoms with van der Waals surface area (Å²) in [4.78, 5) is 4.26. The van der Waals surface area contributed by atoms with E-state index in [1.165, 1.54) is 12.3 Å². The molecule has 6 nitrogen and oxygen atoms in total. The summed E-state index contributed by atoms with van der Waals surface area (Å²) in [5.74, 6) is 1.10. The van der Waals surface area contributed by atoms with Crippen LogP contribution in [0.15, 0.2) is 26.2 Å². The van der Waals surface area contributed by atoms with E-state index in [1.54, 1.807) is 6.92 Å². The maximum absolute atomic E-state index is 12.1. The molecule has 0 radical (unpaired) electrons. The molecule has 0 aliphatic carbocycles. The molecule has 2 aromatic heterocycles. The Kier molecular flexibility index (Phi) is 3.75. The standard InChI is InChI=1S/C12H16N2O4S/c1-8(2)6-12-13-11(14-18-12)7-19(15,16)10-4-5-17-9(10)3/h4-5,8H,6-7H2,1-3H3. The normalized spacial score (nSPS) is 12.2. The van der Waals surface area contributed by atoms with E-state index in [-0.39, 0.29) is 16.5 Å². The number of aryl methyl sites for hydroxylation is 1. The molecule has 0 saturated carbocycles. The zero-order valence-corrected chi connectivity index (χ0v) is 11.9. The summed E-state index contributed by atoms with van der Waals surface area (Å²) in [5.41, 5.74) is 0. The molecular weight excluding hydrogens is 268 g/mol.